The van der Waals surface area contributed by atoms with Crippen LogP contribution in [0.2, 0.25) is 0 Å². The van der Waals surface area contributed by atoms with Gasteiger partial charge in [-0.1, -0.05) is 0 Å². The van der Waals surface area contributed by atoms with Gasteiger partial charge in [-0.15, -0.1) is 0 Å². The summed E-state index contributed by atoms with van der Waals surface area (Å²) in [7, 11) is 1.99. The second kappa shape index (κ2) is 4.82. The van der Waals surface area contributed by atoms with Crippen molar-refractivity contribution in [1.82, 2.24) is 9.97 Å². The maximum absolute atomic E-state index is 5.64. The lowest BCUT2D eigenvalue weighted by atomic mass is 10.3. The molecule has 0 fully saturated rings. The zero-order valence-electron chi connectivity index (χ0n) is 9.78. The summed E-state index contributed by atoms with van der Waals surface area (Å²) < 4.78 is 0. The van der Waals surface area contributed by atoms with Crippen molar-refractivity contribution in [3.63, 3.8) is 0 Å². The van der Waals surface area contributed by atoms with Crippen LogP contribution in [0.5, 0.6) is 0 Å². The number of nitrogens with two attached hydrogens (primary N) is 1. The highest BCUT2D eigenvalue weighted by Crippen LogP contribution is 2.17. The summed E-state index contributed by atoms with van der Waals surface area (Å²) in [6, 6.07) is 2.29. The molecule has 0 radical (unpaired) electrons. The van der Waals surface area contributed by atoms with Gasteiger partial charge in [-0.05, 0) is 20.8 Å². The van der Waals surface area contributed by atoms with Gasteiger partial charge < -0.3 is 16.0 Å². The molecule has 1 rings (SSSR count). The van der Waals surface area contributed by atoms with Crippen LogP contribution < -0.4 is 16.0 Å². The molecule has 0 amide bonds. The first-order valence-electron chi connectivity index (χ1n) is 5.15. The second-order valence-corrected chi connectivity index (χ2v) is 3.70. The Morgan fingerprint density at radius 2 is 2.13 bits per heavy atom. The maximum Gasteiger partial charge on any atom is 0.223 e. The van der Waals surface area contributed by atoms with Gasteiger partial charge >= 0.3 is 0 Å². The van der Waals surface area contributed by atoms with Gasteiger partial charge in [-0.3, -0.25) is 0 Å². The highest BCUT2D eigenvalue weighted by atomic mass is 15.2. The average Bonchev–Trinajstić information content (AvgIpc) is 2.16. The molecule has 0 bridgehead atoms. The standard InChI is InChI=1S/C10H19N5/c1-5-12-8-6-9(14-10(11)13-8)15(4)7(2)3/h6-7H,5H2,1-4H3,(H3,11,12,13,14). The number of nitrogen functional groups attached to an aromatic ring is 1. The Kier molecular flexibility index (Phi) is 3.71. The van der Waals surface area contributed by atoms with Crippen LogP contribution >= 0.6 is 0 Å². The zero-order chi connectivity index (χ0) is 11.4. The molecule has 0 aliphatic heterocycles. The third-order valence-corrected chi connectivity index (χ3v) is 2.22. The van der Waals surface area contributed by atoms with E-state index in [0.717, 1.165) is 18.2 Å². The van der Waals surface area contributed by atoms with E-state index in [4.69, 9.17) is 5.73 Å². The van der Waals surface area contributed by atoms with Crippen molar-refractivity contribution in [2.24, 2.45) is 0 Å². The summed E-state index contributed by atoms with van der Waals surface area (Å²) >= 11 is 0. The molecule has 15 heavy (non-hydrogen) atoms. The van der Waals surface area contributed by atoms with Crippen molar-refractivity contribution in [2.45, 2.75) is 26.8 Å². The Morgan fingerprint density at radius 1 is 1.47 bits per heavy atom. The monoisotopic (exact) mass is 209 g/mol. The highest BCUT2D eigenvalue weighted by Gasteiger charge is 2.09. The predicted molar refractivity (Wildman–Crippen MR) is 64.1 cm³/mol. The molecule has 0 atom stereocenters. The summed E-state index contributed by atoms with van der Waals surface area (Å²) in [4.78, 5) is 10.3. The molecule has 1 aromatic heterocycles. The summed E-state index contributed by atoms with van der Waals surface area (Å²) in [5.41, 5.74) is 5.64. The zero-order valence-corrected chi connectivity index (χ0v) is 9.78. The number of nitrogens with one attached hydrogen (secondary N) is 1. The Labute approximate surface area is 90.7 Å². The quantitative estimate of drug-likeness (QED) is 0.783. The largest absolute Gasteiger partial charge is 0.370 e. The molecule has 1 aromatic rings. The van der Waals surface area contributed by atoms with Crippen LogP contribution in [0, 0.1) is 0 Å². The van der Waals surface area contributed by atoms with Crippen LogP contribution in [0.1, 0.15) is 20.8 Å². The molecule has 5 heteroatoms. The molecule has 0 unspecified atom stereocenters. The number of hydrogen-bond donors (Lipinski definition) is 2. The third-order valence-electron chi connectivity index (χ3n) is 2.22. The van der Waals surface area contributed by atoms with E-state index in [2.05, 4.69) is 34.0 Å². The molecule has 0 aliphatic rings. The van der Waals surface area contributed by atoms with E-state index in [0.29, 0.717) is 12.0 Å². The van der Waals surface area contributed by atoms with Crippen molar-refractivity contribution in [3.05, 3.63) is 6.07 Å². The fourth-order valence-electron chi connectivity index (χ4n) is 1.17. The van der Waals surface area contributed by atoms with E-state index < -0.39 is 0 Å². The van der Waals surface area contributed by atoms with Crippen LogP contribution in [-0.2, 0) is 0 Å². The number of aromatic nitrogens is 2. The smallest absolute Gasteiger partial charge is 0.223 e. The first-order valence-corrected chi connectivity index (χ1v) is 5.15. The minimum Gasteiger partial charge on any atom is -0.370 e. The van der Waals surface area contributed by atoms with Crippen LogP contribution in [0.4, 0.5) is 17.6 Å². The fraction of sp³-hybridized carbons (Fsp3) is 0.600. The van der Waals surface area contributed by atoms with Crippen molar-refractivity contribution >= 4 is 17.6 Å². The Balaban J connectivity index is 2.97. The SMILES string of the molecule is CCNc1cc(N(C)C(C)C)nc(N)n1. The molecule has 0 saturated carbocycles. The second-order valence-electron chi connectivity index (χ2n) is 3.70. The molecule has 84 valence electrons. The summed E-state index contributed by atoms with van der Waals surface area (Å²) in [5, 5.41) is 3.12. The summed E-state index contributed by atoms with van der Waals surface area (Å²) in [5.74, 6) is 1.91. The van der Waals surface area contributed by atoms with Gasteiger partial charge in [-0.2, -0.15) is 9.97 Å². The number of nitrogens with zero attached hydrogens (tertiary/aromatic N) is 3. The van der Waals surface area contributed by atoms with Crippen molar-refractivity contribution in [2.75, 3.05) is 29.5 Å². The summed E-state index contributed by atoms with van der Waals surface area (Å²) in [6.07, 6.45) is 0. The Morgan fingerprint density at radius 3 is 2.67 bits per heavy atom. The number of anilines is 3. The third kappa shape index (κ3) is 2.97. The first-order chi connectivity index (χ1) is 7.04. The van der Waals surface area contributed by atoms with Gasteiger partial charge in [0.25, 0.3) is 0 Å². The molecule has 0 saturated heterocycles. The van der Waals surface area contributed by atoms with Crippen LogP contribution in [-0.4, -0.2) is 29.6 Å². The van der Waals surface area contributed by atoms with Crippen molar-refractivity contribution < 1.29 is 0 Å². The van der Waals surface area contributed by atoms with E-state index in [1.54, 1.807) is 0 Å². The predicted octanol–water partition coefficient (Wildman–Crippen LogP) is 1.34. The lowest BCUT2D eigenvalue weighted by Gasteiger charge is -2.23. The highest BCUT2D eigenvalue weighted by molar-refractivity contribution is 5.52. The van der Waals surface area contributed by atoms with Gasteiger partial charge in [0.05, 0.1) is 0 Å². The molecular weight excluding hydrogens is 190 g/mol. The average molecular weight is 209 g/mol. The molecule has 0 spiro atoms. The molecule has 0 aliphatic carbocycles. The van der Waals surface area contributed by atoms with Crippen LogP contribution in [0.3, 0.4) is 0 Å². The number of rotatable bonds is 4. The first kappa shape index (κ1) is 11.6. The minimum absolute atomic E-state index is 0.302. The lowest BCUT2D eigenvalue weighted by Crippen LogP contribution is -2.27. The van der Waals surface area contributed by atoms with E-state index in [1.807, 2.05) is 20.0 Å². The van der Waals surface area contributed by atoms with Gasteiger partial charge in [0, 0.05) is 25.7 Å². The molecule has 1 heterocycles. The van der Waals surface area contributed by atoms with E-state index >= 15 is 0 Å². The molecule has 0 aromatic carbocycles. The normalized spacial score (nSPS) is 10.5. The topological polar surface area (TPSA) is 67.1 Å². The van der Waals surface area contributed by atoms with E-state index in [1.165, 1.54) is 0 Å². The van der Waals surface area contributed by atoms with Gasteiger partial charge in [0.1, 0.15) is 11.6 Å². The van der Waals surface area contributed by atoms with E-state index in [-0.39, 0.29) is 0 Å². The van der Waals surface area contributed by atoms with Gasteiger partial charge in [-0.25, -0.2) is 0 Å². The van der Waals surface area contributed by atoms with Crippen LogP contribution in [0.25, 0.3) is 0 Å². The Bertz CT molecular complexity index is 324. The van der Waals surface area contributed by atoms with Crippen LogP contribution in [0.15, 0.2) is 6.07 Å². The summed E-state index contributed by atoms with van der Waals surface area (Å²) in [6.45, 7) is 7.04. The molecule has 5 nitrogen and oxygen atoms in total. The number of hydrogen-bond acceptors (Lipinski definition) is 5. The Hall–Kier alpha value is -1.52. The lowest BCUT2D eigenvalue weighted by molar-refractivity contribution is 0.742. The van der Waals surface area contributed by atoms with Gasteiger partial charge in [0.15, 0.2) is 0 Å². The maximum atomic E-state index is 5.64. The minimum atomic E-state index is 0.302. The molecule has 3 N–H and O–H groups in total. The fourth-order valence-corrected chi connectivity index (χ4v) is 1.17. The van der Waals surface area contributed by atoms with Crippen molar-refractivity contribution in [3.8, 4) is 0 Å². The molecular formula is C10H19N5. The van der Waals surface area contributed by atoms with Gasteiger partial charge in [0.2, 0.25) is 5.95 Å². The van der Waals surface area contributed by atoms with Crippen molar-refractivity contribution in [1.29, 1.82) is 0 Å². The van der Waals surface area contributed by atoms with E-state index in [9.17, 15) is 0 Å².